The van der Waals surface area contributed by atoms with E-state index in [0.29, 0.717) is 11.0 Å². The van der Waals surface area contributed by atoms with E-state index in [1.165, 1.54) is 29.3 Å². The fourth-order valence-corrected chi connectivity index (χ4v) is 1.87. The standard InChI is InChI=1S/C13H9F3N4O/c1-20-11-10(6-19-20)12(18-7-17-11)21-9-4-2-3-8(5-9)13(14,15)16/h2-7H,1H3. The van der Waals surface area contributed by atoms with Gasteiger partial charge in [0.2, 0.25) is 5.88 Å². The molecule has 0 N–H and O–H groups in total. The number of aromatic nitrogens is 4. The molecule has 0 radical (unpaired) electrons. The van der Waals surface area contributed by atoms with E-state index in [0.717, 1.165) is 12.1 Å². The molecule has 0 aliphatic carbocycles. The fourth-order valence-electron chi connectivity index (χ4n) is 1.87. The van der Waals surface area contributed by atoms with Crippen LogP contribution in [0.4, 0.5) is 13.2 Å². The van der Waals surface area contributed by atoms with Gasteiger partial charge in [-0.2, -0.15) is 18.3 Å². The van der Waals surface area contributed by atoms with E-state index in [4.69, 9.17) is 4.74 Å². The zero-order valence-electron chi connectivity index (χ0n) is 10.8. The van der Waals surface area contributed by atoms with Gasteiger partial charge in [0.25, 0.3) is 0 Å². The highest BCUT2D eigenvalue weighted by Crippen LogP contribution is 2.33. The lowest BCUT2D eigenvalue weighted by Gasteiger charge is -2.09. The Morgan fingerprint density at radius 2 is 2.00 bits per heavy atom. The number of hydrogen-bond acceptors (Lipinski definition) is 4. The number of alkyl halides is 3. The summed E-state index contributed by atoms with van der Waals surface area (Å²) in [4.78, 5) is 7.97. The molecular weight excluding hydrogens is 285 g/mol. The van der Waals surface area contributed by atoms with Gasteiger partial charge >= 0.3 is 6.18 Å². The van der Waals surface area contributed by atoms with Crippen LogP contribution in [0.1, 0.15) is 5.56 Å². The van der Waals surface area contributed by atoms with Crippen LogP contribution in [0.25, 0.3) is 11.0 Å². The van der Waals surface area contributed by atoms with Gasteiger partial charge in [-0.15, -0.1) is 0 Å². The molecule has 0 fully saturated rings. The number of nitrogens with zero attached hydrogens (tertiary/aromatic N) is 4. The van der Waals surface area contributed by atoms with Crippen molar-refractivity contribution in [2.75, 3.05) is 0 Å². The molecule has 0 bridgehead atoms. The minimum atomic E-state index is -4.42. The number of rotatable bonds is 2. The summed E-state index contributed by atoms with van der Waals surface area (Å²) < 4.78 is 45.0. The zero-order chi connectivity index (χ0) is 15.0. The fraction of sp³-hybridized carbons (Fsp3) is 0.154. The molecule has 0 aliphatic heterocycles. The quantitative estimate of drug-likeness (QED) is 0.728. The molecule has 0 saturated heterocycles. The third-order valence-corrected chi connectivity index (χ3v) is 2.87. The van der Waals surface area contributed by atoms with Gasteiger partial charge in [-0.25, -0.2) is 9.97 Å². The summed E-state index contributed by atoms with van der Waals surface area (Å²) in [6.07, 6.45) is -1.65. The number of ether oxygens (including phenoxy) is 1. The number of halogens is 3. The number of benzene rings is 1. The number of fused-ring (bicyclic) bond motifs is 1. The van der Waals surface area contributed by atoms with Crippen molar-refractivity contribution in [1.82, 2.24) is 19.7 Å². The summed E-state index contributed by atoms with van der Waals surface area (Å²) in [5.74, 6) is 0.209. The van der Waals surface area contributed by atoms with Crippen LogP contribution >= 0.6 is 0 Å². The summed E-state index contributed by atoms with van der Waals surface area (Å²) in [5, 5.41) is 4.53. The maximum absolute atomic E-state index is 12.7. The summed E-state index contributed by atoms with van der Waals surface area (Å²) >= 11 is 0. The Morgan fingerprint density at radius 3 is 2.76 bits per heavy atom. The van der Waals surface area contributed by atoms with E-state index in [9.17, 15) is 13.2 Å². The molecule has 2 aromatic heterocycles. The Labute approximate surface area is 117 Å². The number of hydrogen-bond donors (Lipinski definition) is 0. The molecule has 1 aromatic carbocycles. The Hall–Kier alpha value is -2.64. The maximum Gasteiger partial charge on any atom is 0.416 e. The van der Waals surface area contributed by atoms with Crippen molar-refractivity contribution in [3.8, 4) is 11.6 Å². The van der Waals surface area contributed by atoms with Crippen molar-refractivity contribution in [3.05, 3.63) is 42.4 Å². The van der Waals surface area contributed by atoms with E-state index in [-0.39, 0.29) is 11.6 Å². The molecule has 0 unspecified atom stereocenters. The molecule has 0 amide bonds. The van der Waals surface area contributed by atoms with Gasteiger partial charge in [-0.3, -0.25) is 4.68 Å². The van der Waals surface area contributed by atoms with Crippen LogP contribution in [-0.4, -0.2) is 19.7 Å². The maximum atomic E-state index is 12.7. The average molecular weight is 294 g/mol. The first kappa shape index (κ1) is 13.3. The number of aryl methyl sites for hydroxylation is 1. The Kier molecular flexibility index (Phi) is 3.00. The van der Waals surface area contributed by atoms with Gasteiger partial charge in [0.15, 0.2) is 5.65 Å². The largest absolute Gasteiger partial charge is 0.438 e. The Bertz CT molecular complexity index is 797. The Morgan fingerprint density at radius 1 is 1.19 bits per heavy atom. The first-order valence-corrected chi connectivity index (χ1v) is 5.93. The second-order valence-corrected chi connectivity index (χ2v) is 4.31. The molecule has 21 heavy (non-hydrogen) atoms. The lowest BCUT2D eigenvalue weighted by molar-refractivity contribution is -0.137. The summed E-state index contributed by atoms with van der Waals surface area (Å²) in [6.45, 7) is 0. The van der Waals surface area contributed by atoms with Gasteiger partial charge in [0.1, 0.15) is 17.5 Å². The molecule has 0 atom stereocenters. The molecule has 0 aliphatic rings. The van der Waals surface area contributed by atoms with Crippen molar-refractivity contribution in [2.45, 2.75) is 6.18 Å². The predicted molar refractivity (Wildman–Crippen MR) is 67.8 cm³/mol. The molecule has 3 aromatic rings. The second kappa shape index (κ2) is 4.72. The highest BCUT2D eigenvalue weighted by Gasteiger charge is 2.30. The lowest BCUT2D eigenvalue weighted by atomic mass is 10.2. The van der Waals surface area contributed by atoms with Crippen molar-refractivity contribution < 1.29 is 17.9 Å². The van der Waals surface area contributed by atoms with Crippen LogP contribution < -0.4 is 4.74 Å². The highest BCUT2D eigenvalue weighted by atomic mass is 19.4. The van der Waals surface area contributed by atoms with Gasteiger partial charge in [-0.1, -0.05) is 6.07 Å². The normalized spacial score (nSPS) is 11.8. The van der Waals surface area contributed by atoms with Crippen LogP contribution in [0.2, 0.25) is 0 Å². The van der Waals surface area contributed by atoms with Gasteiger partial charge in [0, 0.05) is 7.05 Å². The van der Waals surface area contributed by atoms with Crippen LogP contribution in [0.5, 0.6) is 11.6 Å². The molecule has 5 nitrogen and oxygen atoms in total. The minimum Gasteiger partial charge on any atom is -0.438 e. The van der Waals surface area contributed by atoms with E-state index < -0.39 is 11.7 Å². The van der Waals surface area contributed by atoms with Gasteiger partial charge in [0.05, 0.1) is 11.8 Å². The van der Waals surface area contributed by atoms with Crippen LogP contribution in [0, 0.1) is 0 Å². The lowest BCUT2D eigenvalue weighted by Crippen LogP contribution is -2.04. The molecule has 0 spiro atoms. The zero-order valence-corrected chi connectivity index (χ0v) is 10.8. The first-order chi connectivity index (χ1) is 9.95. The van der Waals surface area contributed by atoms with Crippen LogP contribution in [0.3, 0.4) is 0 Å². The van der Waals surface area contributed by atoms with Crippen LogP contribution in [0.15, 0.2) is 36.8 Å². The molecule has 2 heterocycles. The molecule has 8 heteroatoms. The minimum absolute atomic E-state index is 0.0497. The van der Waals surface area contributed by atoms with Gasteiger partial charge in [-0.05, 0) is 18.2 Å². The van der Waals surface area contributed by atoms with Crippen molar-refractivity contribution in [2.24, 2.45) is 7.05 Å². The van der Waals surface area contributed by atoms with E-state index in [1.54, 1.807) is 7.05 Å². The van der Waals surface area contributed by atoms with E-state index in [2.05, 4.69) is 15.1 Å². The van der Waals surface area contributed by atoms with Crippen molar-refractivity contribution in [3.63, 3.8) is 0 Å². The molecule has 3 rings (SSSR count). The summed E-state index contributed by atoms with van der Waals surface area (Å²) in [6, 6.07) is 4.61. The SMILES string of the molecule is Cn1ncc2c(Oc3cccc(C(F)(F)F)c3)ncnc21. The molecular formula is C13H9F3N4O. The third-order valence-electron chi connectivity index (χ3n) is 2.87. The van der Waals surface area contributed by atoms with Crippen molar-refractivity contribution in [1.29, 1.82) is 0 Å². The molecule has 108 valence electrons. The highest BCUT2D eigenvalue weighted by molar-refractivity contribution is 5.79. The Balaban J connectivity index is 1.99. The van der Waals surface area contributed by atoms with Crippen LogP contribution in [-0.2, 0) is 13.2 Å². The van der Waals surface area contributed by atoms with Crippen molar-refractivity contribution >= 4 is 11.0 Å². The molecule has 0 saturated carbocycles. The predicted octanol–water partition coefficient (Wildman–Crippen LogP) is 3.17. The topological polar surface area (TPSA) is 52.8 Å². The monoisotopic (exact) mass is 294 g/mol. The van der Waals surface area contributed by atoms with E-state index in [1.807, 2.05) is 0 Å². The second-order valence-electron chi connectivity index (χ2n) is 4.31. The smallest absolute Gasteiger partial charge is 0.416 e. The first-order valence-electron chi connectivity index (χ1n) is 5.93. The van der Waals surface area contributed by atoms with E-state index >= 15 is 0 Å². The van der Waals surface area contributed by atoms with Gasteiger partial charge < -0.3 is 4.74 Å². The summed E-state index contributed by atoms with van der Waals surface area (Å²) in [7, 11) is 1.70. The average Bonchev–Trinajstić information content (AvgIpc) is 2.81. The summed E-state index contributed by atoms with van der Waals surface area (Å²) in [5.41, 5.74) is -0.247. The third kappa shape index (κ3) is 2.51.